The maximum Gasteiger partial charge on any atom is 0.255 e. The Hall–Kier alpha value is -1.58. The zero-order valence-electron chi connectivity index (χ0n) is 9.90. The van der Waals surface area contributed by atoms with Crippen molar-refractivity contribution in [3.8, 4) is 5.75 Å². The number of hydrogen-bond acceptors (Lipinski definition) is 3. The molecule has 88 valence electrons. The van der Waals surface area contributed by atoms with Gasteiger partial charge in [0.2, 0.25) is 0 Å². The summed E-state index contributed by atoms with van der Waals surface area (Å²) < 4.78 is 0. The van der Waals surface area contributed by atoms with Crippen LogP contribution in [0.3, 0.4) is 0 Å². The van der Waals surface area contributed by atoms with E-state index in [2.05, 4.69) is 24.1 Å². The van der Waals surface area contributed by atoms with Crippen molar-refractivity contribution in [1.82, 2.24) is 10.3 Å². The molecule has 0 radical (unpaired) electrons. The van der Waals surface area contributed by atoms with E-state index < -0.39 is 0 Å². The normalized spacial score (nSPS) is 12.5. The highest BCUT2D eigenvalue weighted by Gasteiger charge is 2.13. The van der Waals surface area contributed by atoms with Crippen molar-refractivity contribution in [3.63, 3.8) is 0 Å². The minimum Gasteiger partial charge on any atom is -0.505 e. The number of nitrogens with zero attached hydrogens (tertiary/aromatic N) is 1. The van der Waals surface area contributed by atoms with Gasteiger partial charge in [-0.3, -0.25) is 9.78 Å². The first-order chi connectivity index (χ1) is 7.50. The molecule has 2 N–H and O–H groups in total. The van der Waals surface area contributed by atoms with Crippen LogP contribution in [0.15, 0.2) is 18.5 Å². The van der Waals surface area contributed by atoms with E-state index >= 15 is 0 Å². The fourth-order valence-electron chi connectivity index (χ4n) is 1.65. The van der Waals surface area contributed by atoms with Crippen molar-refractivity contribution in [1.29, 1.82) is 0 Å². The Balaban J connectivity index is 2.63. The van der Waals surface area contributed by atoms with E-state index in [1.54, 1.807) is 0 Å². The summed E-state index contributed by atoms with van der Waals surface area (Å²) in [5.41, 5.74) is 0.269. The molecule has 0 spiro atoms. The van der Waals surface area contributed by atoms with Crippen LogP contribution in [-0.4, -0.2) is 22.0 Å². The molecule has 0 aliphatic carbocycles. The monoisotopic (exact) mass is 222 g/mol. The number of carbonyl (C=O) groups excluding carboxylic acids is 1. The van der Waals surface area contributed by atoms with Gasteiger partial charge >= 0.3 is 0 Å². The minimum absolute atomic E-state index is 0.0863. The first-order valence-electron chi connectivity index (χ1n) is 5.44. The molecule has 4 heteroatoms. The van der Waals surface area contributed by atoms with E-state index in [4.69, 9.17) is 0 Å². The fourth-order valence-corrected chi connectivity index (χ4v) is 1.65. The van der Waals surface area contributed by atoms with Crippen LogP contribution in [0.1, 0.15) is 37.6 Å². The third kappa shape index (κ3) is 3.53. The molecular weight excluding hydrogens is 204 g/mol. The summed E-state index contributed by atoms with van der Waals surface area (Å²) in [5.74, 6) is 0.186. The lowest BCUT2D eigenvalue weighted by molar-refractivity contribution is 0.0933. The summed E-state index contributed by atoms with van der Waals surface area (Å²) in [6.07, 6.45) is 3.67. The maximum atomic E-state index is 11.8. The van der Waals surface area contributed by atoms with Gasteiger partial charge in [-0.25, -0.2) is 0 Å². The van der Waals surface area contributed by atoms with Crippen molar-refractivity contribution in [2.45, 2.75) is 33.2 Å². The maximum absolute atomic E-state index is 11.8. The average molecular weight is 222 g/mol. The molecule has 0 bridgehead atoms. The van der Waals surface area contributed by atoms with E-state index in [1.165, 1.54) is 18.5 Å². The number of pyridine rings is 1. The van der Waals surface area contributed by atoms with E-state index in [0.717, 1.165) is 6.42 Å². The molecule has 1 amide bonds. The molecular formula is C12H18N2O2. The van der Waals surface area contributed by atoms with Crippen LogP contribution in [0.25, 0.3) is 0 Å². The topological polar surface area (TPSA) is 62.2 Å². The smallest absolute Gasteiger partial charge is 0.255 e. The summed E-state index contributed by atoms with van der Waals surface area (Å²) in [6.45, 7) is 6.16. The molecule has 16 heavy (non-hydrogen) atoms. The van der Waals surface area contributed by atoms with Gasteiger partial charge in [-0.05, 0) is 25.3 Å². The van der Waals surface area contributed by atoms with E-state index in [1.807, 2.05) is 6.92 Å². The second kappa shape index (κ2) is 5.49. The van der Waals surface area contributed by atoms with Crippen molar-refractivity contribution in [2.75, 3.05) is 0 Å². The van der Waals surface area contributed by atoms with Gasteiger partial charge in [0, 0.05) is 12.2 Å². The fraction of sp³-hybridized carbons (Fsp3) is 0.500. The Kier molecular flexibility index (Phi) is 4.28. The summed E-state index contributed by atoms with van der Waals surface area (Å²) in [4.78, 5) is 15.5. The lowest BCUT2D eigenvalue weighted by Crippen LogP contribution is -2.33. The van der Waals surface area contributed by atoms with Gasteiger partial charge in [-0.15, -0.1) is 0 Å². The highest BCUT2D eigenvalue weighted by molar-refractivity contribution is 5.96. The van der Waals surface area contributed by atoms with Gasteiger partial charge in [0.1, 0.15) is 5.75 Å². The summed E-state index contributed by atoms with van der Waals surface area (Å²) in [7, 11) is 0. The van der Waals surface area contributed by atoms with Crippen LogP contribution in [0.2, 0.25) is 0 Å². The van der Waals surface area contributed by atoms with Crippen LogP contribution in [0.5, 0.6) is 5.75 Å². The SMILES string of the molecule is CC(C)CC(C)NC(=O)c1ccncc1O. The molecule has 1 rings (SSSR count). The molecule has 0 fully saturated rings. The summed E-state index contributed by atoms with van der Waals surface area (Å²) >= 11 is 0. The molecule has 0 saturated carbocycles. The zero-order valence-corrected chi connectivity index (χ0v) is 9.90. The molecule has 0 aliphatic rings. The van der Waals surface area contributed by atoms with E-state index in [-0.39, 0.29) is 23.3 Å². The number of aromatic nitrogens is 1. The molecule has 1 aromatic rings. The Morgan fingerprint density at radius 2 is 2.19 bits per heavy atom. The highest BCUT2D eigenvalue weighted by Crippen LogP contribution is 2.14. The minimum atomic E-state index is -0.256. The van der Waals surface area contributed by atoms with Gasteiger partial charge in [0.05, 0.1) is 11.8 Å². The number of amides is 1. The molecule has 1 atom stereocenters. The molecule has 4 nitrogen and oxygen atoms in total. The first kappa shape index (κ1) is 12.5. The quantitative estimate of drug-likeness (QED) is 0.818. The predicted molar refractivity (Wildman–Crippen MR) is 62.3 cm³/mol. The van der Waals surface area contributed by atoms with Gasteiger partial charge in [-0.1, -0.05) is 13.8 Å². The Labute approximate surface area is 95.7 Å². The number of carbonyl (C=O) groups is 1. The van der Waals surface area contributed by atoms with Crippen LogP contribution in [0, 0.1) is 5.92 Å². The van der Waals surface area contributed by atoms with E-state index in [9.17, 15) is 9.90 Å². The number of nitrogens with one attached hydrogen (secondary N) is 1. The number of rotatable bonds is 4. The van der Waals surface area contributed by atoms with Gasteiger partial charge in [-0.2, -0.15) is 0 Å². The van der Waals surface area contributed by atoms with Crippen molar-refractivity contribution in [3.05, 3.63) is 24.0 Å². The Morgan fingerprint density at radius 3 is 2.75 bits per heavy atom. The predicted octanol–water partition coefficient (Wildman–Crippen LogP) is 1.95. The van der Waals surface area contributed by atoms with Gasteiger partial charge < -0.3 is 10.4 Å². The molecule has 1 aromatic heterocycles. The average Bonchev–Trinajstić information content (AvgIpc) is 2.16. The Bertz CT molecular complexity index is 364. The van der Waals surface area contributed by atoms with Crippen LogP contribution < -0.4 is 5.32 Å². The molecule has 1 unspecified atom stereocenters. The van der Waals surface area contributed by atoms with E-state index in [0.29, 0.717) is 5.92 Å². The number of aromatic hydroxyl groups is 1. The van der Waals surface area contributed by atoms with Crippen molar-refractivity contribution in [2.24, 2.45) is 5.92 Å². The van der Waals surface area contributed by atoms with Crippen LogP contribution in [0.4, 0.5) is 0 Å². The largest absolute Gasteiger partial charge is 0.505 e. The first-order valence-corrected chi connectivity index (χ1v) is 5.44. The number of hydrogen-bond donors (Lipinski definition) is 2. The van der Waals surface area contributed by atoms with Gasteiger partial charge in [0.15, 0.2) is 0 Å². The van der Waals surface area contributed by atoms with Crippen molar-refractivity contribution >= 4 is 5.91 Å². The third-order valence-corrected chi connectivity index (χ3v) is 2.25. The standard InChI is InChI=1S/C12H18N2O2/c1-8(2)6-9(3)14-12(16)10-4-5-13-7-11(10)15/h4-5,7-9,15H,6H2,1-3H3,(H,14,16). The third-order valence-electron chi connectivity index (χ3n) is 2.25. The lowest BCUT2D eigenvalue weighted by atomic mass is 10.0. The lowest BCUT2D eigenvalue weighted by Gasteiger charge is -2.16. The zero-order chi connectivity index (χ0) is 12.1. The Morgan fingerprint density at radius 1 is 1.50 bits per heavy atom. The van der Waals surface area contributed by atoms with Crippen LogP contribution in [-0.2, 0) is 0 Å². The summed E-state index contributed by atoms with van der Waals surface area (Å²) in [6, 6.07) is 1.60. The molecule has 0 saturated heterocycles. The van der Waals surface area contributed by atoms with Crippen LogP contribution >= 0.6 is 0 Å². The molecule has 0 aliphatic heterocycles. The highest BCUT2D eigenvalue weighted by atomic mass is 16.3. The second-order valence-corrected chi connectivity index (χ2v) is 4.40. The van der Waals surface area contributed by atoms with Crippen molar-refractivity contribution < 1.29 is 9.90 Å². The summed E-state index contributed by atoms with van der Waals surface area (Å²) in [5, 5.41) is 12.3. The molecule has 1 heterocycles. The molecule has 0 aromatic carbocycles. The van der Waals surface area contributed by atoms with Gasteiger partial charge in [0.25, 0.3) is 5.91 Å². The second-order valence-electron chi connectivity index (χ2n) is 4.40.